The highest BCUT2D eigenvalue weighted by Crippen LogP contribution is 2.16. The van der Waals surface area contributed by atoms with Gasteiger partial charge in [-0.1, -0.05) is 11.6 Å². The molecule has 1 aromatic carbocycles. The Kier molecular flexibility index (Phi) is 7.60. The van der Waals surface area contributed by atoms with Crippen LogP contribution in [0.1, 0.15) is 18.9 Å². The van der Waals surface area contributed by atoms with E-state index in [9.17, 15) is 0 Å². The predicted octanol–water partition coefficient (Wildman–Crippen LogP) is 2.64. The Balaban J connectivity index is 1.64. The first-order valence-electron chi connectivity index (χ1n) is 8.41. The van der Waals surface area contributed by atoms with Gasteiger partial charge >= 0.3 is 0 Å². The standard InChI is InChI=1S/C18H26ClN5O/c1-14(25-17-8-6-16(19)7-9-17)11-22-18(20-2)21-10-4-5-15-12-23-24(3)13-15/h6-9,12-14H,4-5,10-11H2,1-3H3,(H2,20,21,22). The monoisotopic (exact) mass is 363 g/mol. The van der Waals surface area contributed by atoms with E-state index in [0.29, 0.717) is 11.6 Å². The summed E-state index contributed by atoms with van der Waals surface area (Å²) >= 11 is 5.87. The highest BCUT2D eigenvalue weighted by Gasteiger charge is 2.06. The normalized spacial score (nSPS) is 12.7. The fraction of sp³-hybridized carbons (Fsp3) is 0.444. The Bertz CT molecular complexity index is 668. The van der Waals surface area contributed by atoms with E-state index in [1.54, 1.807) is 7.05 Å². The van der Waals surface area contributed by atoms with Gasteiger partial charge in [0, 0.05) is 31.9 Å². The Morgan fingerprint density at radius 2 is 2.08 bits per heavy atom. The van der Waals surface area contributed by atoms with E-state index in [4.69, 9.17) is 16.3 Å². The van der Waals surface area contributed by atoms with Crippen molar-refractivity contribution < 1.29 is 4.74 Å². The molecule has 0 saturated heterocycles. The molecule has 2 rings (SSSR count). The summed E-state index contributed by atoms with van der Waals surface area (Å²) in [6.45, 7) is 3.52. The number of aryl methyl sites for hydroxylation is 2. The van der Waals surface area contributed by atoms with Gasteiger partial charge in [-0.15, -0.1) is 0 Å². The summed E-state index contributed by atoms with van der Waals surface area (Å²) in [6, 6.07) is 7.37. The van der Waals surface area contributed by atoms with E-state index in [-0.39, 0.29) is 6.10 Å². The van der Waals surface area contributed by atoms with Crippen LogP contribution in [0.5, 0.6) is 5.75 Å². The second kappa shape index (κ2) is 9.93. The summed E-state index contributed by atoms with van der Waals surface area (Å²) < 4.78 is 7.66. The molecule has 0 spiro atoms. The summed E-state index contributed by atoms with van der Waals surface area (Å²) in [5.74, 6) is 1.58. The molecule has 0 radical (unpaired) electrons. The molecular weight excluding hydrogens is 338 g/mol. The second-order valence-electron chi connectivity index (χ2n) is 5.89. The van der Waals surface area contributed by atoms with Crippen LogP contribution in [0, 0.1) is 0 Å². The minimum absolute atomic E-state index is 0.00937. The lowest BCUT2D eigenvalue weighted by molar-refractivity contribution is 0.224. The first-order valence-corrected chi connectivity index (χ1v) is 8.79. The number of halogens is 1. The third-order valence-corrected chi connectivity index (χ3v) is 3.88. The minimum Gasteiger partial charge on any atom is -0.489 e. The zero-order valence-electron chi connectivity index (χ0n) is 15.0. The molecule has 136 valence electrons. The maximum absolute atomic E-state index is 5.87. The van der Waals surface area contributed by atoms with Crippen molar-refractivity contribution in [2.24, 2.45) is 12.0 Å². The number of benzene rings is 1. The SMILES string of the molecule is CN=C(NCCCc1cnn(C)c1)NCC(C)Oc1ccc(Cl)cc1. The number of nitrogens with zero attached hydrogens (tertiary/aromatic N) is 3. The zero-order valence-corrected chi connectivity index (χ0v) is 15.8. The molecule has 25 heavy (non-hydrogen) atoms. The van der Waals surface area contributed by atoms with E-state index in [2.05, 4.69) is 20.7 Å². The molecule has 2 aromatic rings. The van der Waals surface area contributed by atoms with Gasteiger partial charge in [0.2, 0.25) is 0 Å². The fourth-order valence-electron chi connectivity index (χ4n) is 2.35. The molecule has 6 nitrogen and oxygen atoms in total. The molecule has 1 atom stereocenters. The topological polar surface area (TPSA) is 63.5 Å². The van der Waals surface area contributed by atoms with Crippen LogP contribution >= 0.6 is 11.6 Å². The van der Waals surface area contributed by atoms with Gasteiger partial charge in [-0.2, -0.15) is 5.10 Å². The van der Waals surface area contributed by atoms with Crippen molar-refractivity contribution in [1.29, 1.82) is 0 Å². The molecule has 0 amide bonds. The smallest absolute Gasteiger partial charge is 0.191 e. The van der Waals surface area contributed by atoms with Crippen molar-refractivity contribution >= 4 is 17.6 Å². The van der Waals surface area contributed by atoms with Crippen LogP contribution in [-0.2, 0) is 13.5 Å². The summed E-state index contributed by atoms with van der Waals surface area (Å²) in [5, 5.41) is 11.5. The van der Waals surface area contributed by atoms with Gasteiger partial charge in [-0.25, -0.2) is 0 Å². The second-order valence-corrected chi connectivity index (χ2v) is 6.32. The van der Waals surface area contributed by atoms with Crippen LogP contribution in [0.2, 0.25) is 5.02 Å². The molecule has 0 aliphatic carbocycles. The van der Waals surface area contributed by atoms with Crippen molar-refractivity contribution in [3.8, 4) is 5.75 Å². The Morgan fingerprint density at radius 3 is 2.72 bits per heavy atom. The predicted molar refractivity (Wildman–Crippen MR) is 102 cm³/mol. The molecule has 7 heteroatoms. The van der Waals surface area contributed by atoms with Crippen molar-refractivity contribution in [2.75, 3.05) is 20.1 Å². The van der Waals surface area contributed by atoms with Crippen molar-refractivity contribution in [3.05, 3.63) is 47.2 Å². The number of nitrogens with one attached hydrogen (secondary N) is 2. The molecule has 1 heterocycles. The molecule has 0 bridgehead atoms. The Hall–Kier alpha value is -2.21. The summed E-state index contributed by atoms with van der Waals surface area (Å²) in [5.41, 5.74) is 1.25. The number of aliphatic imine (C=N–C) groups is 1. The molecule has 0 saturated carbocycles. The third kappa shape index (κ3) is 7.05. The number of hydrogen-bond donors (Lipinski definition) is 2. The number of hydrogen-bond acceptors (Lipinski definition) is 3. The molecule has 1 unspecified atom stereocenters. The van der Waals surface area contributed by atoms with E-state index in [0.717, 1.165) is 31.1 Å². The van der Waals surface area contributed by atoms with Crippen LogP contribution < -0.4 is 15.4 Å². The van der Waals surface area contributed by atoms with E-state index in [1.807, 2.05) is 55.3 Å². The molecular formula is C18H26ClN5O. The zero-order chi connectivity index (χ0) is 18.1. The number of aromatic nitrogens is 2. The molecule has 0 aliphatic rings. The van der Waals surface area contributed by atoms with Gasteiger partial charge < -0.3 is 15.4 Å². The van der Waals surface area contributed by atoms with Crippen molar-refractivity contribution in [1.82, 2.24) is 20.4 Å². The Morgan fingerprint density at radius 1 is 1.32 bits per heavy atom. The lowest BCUT2D eigenvalue weighted by Crippen LogP contribution is -2.42. The van der Waals surface area contributed by atoms with Gasteiger partial charge in [0.1, 0.15) is 11.9 Å². The lowest BCUT2D eigenvalue weighted by Gasteiger charge is -2.17. The fourth-order valence-corrected chi connectivity index (χ4v) is 2.47. The molecule has 1 aromatic heterocycles. The van der Waals surface area contributed by atoms with Gasteiger partial charge in [0.15, 0.2) is 5.96 Å². The summed E-state index contributed by atoms with van der Waals surface area (Å²) in [4.78, 5) is 4.23. The maximum Gasteiger partial charge on any atom is 0.191 e. The van der Waals surface area contributed by atoms with Crippen LogP contribution in [0.4, 0.5) is 0 Å². The van der Waals surface area contributed by atoms with Gasteiger partial charge in [-0.05, 0) is 49.6 Å². The average Bonchev–Trinajstić information content (AvgIpc) is 3.01. The quantitative estimate of drug-likeness (QED) is 0.430. The van der Waals surface area contributed by atoms with Gasteiger partial charge in [0.05, 0.1) is 12.7 Å². The van der Waals surface area contributed by atoms with Crippen LogP contribution in [0.15, 0.2) is 41.7 Å². The van der Waals surface area contributed by atoms with E-state index in [1.165, 1.54) is 5.56 Å². The van der Waals surface area contributed by atoms with Crippen LogP contribution in [0.3, 0.4) is 0 Å². The molecule has 2 N–H and O–H groups in total. The largest absolute Gasteiger partial charge is 0.489 e. The summed E-state index contributed by atoms with van der Waals surface area (Å²) in [7, 11) is 3.70. The molecule has 0 aliphatic heterocycles. The van der Waals surface area contributed by atoms with E-state index >= 15 is 0 Å². The maximum atomic E-state index is 5.87. The summed E-state index contributed by atoms with van der Waals surface area (Å²) in [6.07, 6.45) is 5.97. The van der Waals surface area contributed by atoms with Crippen LogP contribution in [-0.4, -0.2) is 42.0 Å². The highest BCUT2D eigenvalue weighted by molar-refractivity contribution is 6.30. The van der Waals surface area contributed by atoms with Crippen molar-refractivity contribution in [2.45, 2.75) is 25.9 Å². The molecule has 0 fully saturated rings. The van der Waals surface area contributed by atoms with E-state index < -0.39 is 0 Å². The third-order valence-electron chi connectivity index (χ3n) is 3.62. The van der Waals surface area contributed by atoms with Gasteiger partial charge in [-0.3, -0.25) is 9.67 Å². The van der Waals surface area contributed by atoms with Gasteiger partial charge in [0.25, 0.3) is 0 Å². The van der Waals surface area contributed by atoms with Crippen molar-refractivity contribution in [3.63, 3.8) is 0 Å². The van der Waals surface area contributed by atoms with Crippen LogP contribution in [0.25, 0.3) is 0 Å². The first kappa shape index (κ1) is 19.1. The average molecular weight is 364 g/mol. The highest BCUT2D eigenvalue weighted by atomic mass is 35.5. The number of rotatable bonds is 8. The Labute approximate surface area is 154 Å². The number of ether oxygens (including phenoxy) is 1. The number of guanidine groups is 1. The first-order chi connectivity index (χ1) is 12.1. The minimum atomic E-state index is 0.00937. The lowest BCUT2D eigenvalue weighted by atomic mass is 10.2.